The van der Waals surface area contributed by atoms with E-state index in [0.717, 1.165) is 23.2 Å². The van der Waals surface area contributed by atoms with E-state index < -0.39 is 0 Å². The largest absolute Gasteiger partial charge is 0.341 e. The zero-order chi connectivity index (χ0) is 15.2. The van der Waals surface area contributed by atoms with Crippen molar-refractivity contribution in [1.82, 2.24) is 9.97 Å². The van der Waals surface area contributed by atoms with Crippen LogP contribution in [0.3, 0.4) is 0 Å². The molecule has 0 atom stereocenters. The number of hydrogen-bond donors (Lipinski definition) is 1. The molecule has 0 aliphatic carbocycles. The van der Waals surface area contributed by atoms with Gasteiger partial charge in [-0.2, -0.15) is 0 Å². The van der Waals surface area contributed by atoms with Gasteiger partial charge in [0.05, 0.1) is 5.56 Å². The second-order valence-corrected chi connectivity index (χ2v) is 5.32. The molecule has 1 aromatic heterocycles. The SMILES string of the molecule is CCN(CC)c1ncc(C(=O)Nc2cccc(Br)c2)cn1. The summed E-state index contributed by atoms with van der Waals surface area (Å²) in [5.41, 5.74) is 1.16. The molecule has 2 aromatic rings. The van der Waals surface area contributed by atoms with E-state index in [1.165, 1.54) is 0 Å². The van der Waals surface area contributed by atoms with E-state index in [2.05, 4.69) is 31.2 Å². The minimum absolute atomic E-state index is 0.223. The topological polar surface area (TPSA) is 58.1 Å². The van der Waals surface area contributed by atoms with Gasteiger partial charge in [0.15, 0.2) is 0 Å². The van der Waals surface area contributed by atoms with Gasteiger partial charge in [-0.1, -0.05) is 22.0 Å². The van der Waals surface area contributed by atoms with Gasteiger partial charge in [0, 0.05) is 35.6 Å². The molecular weight excluding hydrogens is 332 g/mol. The van der Waals surface area contributed by atoms with Crippen LogP contribution in [0.25, 0.3) is 0 Å². The first-order chi connectivity index (χ1) is 10.1. The Morgan fingerprint density at radius 1 is 1.24 bits per heavy atom. The standard InChI is InChI=1S/C15H17BrN4O/c1-3-20(4-2)15-17-9-11(10-18-15)14(21)19-13-7-5-6-12(16)8-13/h5-10H,3-4H2,1-2H3,(H,19,21). The maximum Gasteiger partial charge on any atom is 0.258 e. The number of rotatable bonds is 5. The summed E-state index contributed by atoms with van der Waals surface area (Å²) in [6, 6.07) is 7.42. The lowest BCUT2D eigenvalue weighted by Crippen LogP contribution is -2.24. The molecule has 5 nitrogen and oxygen atoms in total. The second kappa shape index (κ2) is 7.17. The molecule has 0 fully saturated rings. The molecule has 0 radical (unpaired) electrons. The molecule has 0 spiro atoms. The van der Waals surface area contributed by atoms with Crippen molar-refractivity contribution in [2.75, 3.05) is 23.3 Å². The number of benzene rings is 1. The monoisotopic (exact) mass is 348 g/mol. The molecule has 0 aliphatic heterocycles. The smallest absolute Gasteiger partial charge is 0.258 e. The number of nitrogens with one attached hydrogen (secondary N) is 1. The quantitative estimate of drug-likeness (QED) is 0.900. The van der Waals surface area contributed by atoms with Crippen LogP contribution in [0, 0.1) is 0 Å². The van der Waals surface area contributed by atoms with Crippen molar-refractivity contribution in [3.05, 3.63) is 46.7 Å². The average Bonchev–Trinajstić information content (AvgIpc) is 2.49. The molecule has 0 bridgehead atoms. The molecule has 1 heterocycles. The van der Waals surface area contributed by atoms with Crippen LogP contribution < -0.4 is 10.2 Å². The Morgan fingerprint density at radius 3 is 2.48 bits per heavy atom. The van der Waals surface area contributed by atoms with Gasteiger partial charge in [0.2, 0.25) is 5.95 Å². The molecule has 0 saturated heterocycles. The summed E-state index contributed by atoms with van der Waals surface area (Å²) in [5.74, 6) is 0.415. The predicted octanol–water partition coefficient (Wildman–Crippen LogP) is 3.34. The van der Waals surface area contributed by atoms with Crippen LogP contribution in [0.5, 0.6) is 0 Å². The molecule has 6 heteroatoms. The Kier molecular flexibility index (Phi) is 5.27. The first kappa shape index (κ1) is 15.4. The number of aromatic nitrogens is 2. The predicted molar refractivity (Wildman–Crippen MR) is 87.7 cm³/mol. The molecular formula is C15H17BrN4O. The van der Waals surface area contributed by atoms with Crippen molar-refractivity contribution >= 4 is 33.5 Å². The highest BCUT2D eigenvalue weighted by Crippen LogP contribution is 2.16. The van der Waals surface area contributed by atoms with E-state index in [1.807, 2.05) is 43.0 Å². The summed E-state index contributed by atoms with van der Waals surface area (Å²) in [6.45, 7) is 5.75. The third-order valence-electron chi connectivity index (χ3n) is 3.03. The molecule has 2 rings (SSSR count). The number of amides is 1. The molecule has 0 unspecified atom stereocenters. The van der Waals surface area contributed by atoms with Crippen LogP contribution in [0.2, 0.25) is 0 Å². The van der Waals surface area contributed by atoms with Crippen LogP contribution in [0.4, 0.5) is 11.6 Å². The normalized spacial score (nSPS) is 10.2. The Morgan fingerprint density at radius 2 is 1.90 bits per heavy atom. The molecule has 1 amide bonds. The first-order valence-corrected chi connectivity index (χ1v) is 7.57. The van der Waals surface area contributed by atoms with Crippen LogP contribution in [-0.4, -0.2) is 29.0 Å². The van der Waals surface area contributed by atoms with E-state index in [1.54, 1.807) is 12.4 Å². The van der Waals surface area contributed by atoms with E-state index in [4.69, 9.17) is 0 Å². The van der Waals surface area contributed by atoms with Crippen LogP contribution in [0.15, 0.2) is 41.1 Å². The lowest BCUT2D eigenvalue weighted by Gasteiger charge is -2.17. The highest BCUT2D eigenvalue weighted by Gasteiger charge is 2.10. The van der Waals surface area contributed by atoms with Crippen molar-refractivity contribution in [1.29, 1.82) is 0 Å². The average molecular weight is 349 g/mol. The fourth-order valence-electron chi connectivity index (χ4n) is 1.88. The summed E-state index contributed by atoms with van der Waals surface area (Å²) in [5, 5.41) is 2.81. The van der Waals surface area contributed by atoms with Gasteiger partial charge >= 0.3 is 0 Å². The minimum Gasteiger partial charge on any atom is -0.341 e. The summed E-state index contributed by atoms with van der Waals surface area (Å²) in [7, 11) is 0. The lowest BCUT2D eigenvalue weighted by molar-refractivity contribution is 0.102. The zero-order valence-electron chi connectivity index (χ0n) is 12.0. The van der Waals surface area contributed by atoms with Gasteiger partial charge in [0.25, 0.3) is 5.91 Å². The Hall–Kier alpha value is -1.95. The zero-order valence-corrected chi connectivity index (χ0v) is 13.6. The van der Waals surface area contributed by atoms with Gasteiger partial charge in [-0.15, -0.1) is 0 Å². The van der Waals surface area contributed by atoms with E-state index in [9.17, 15) is 4.79 Å². The first-order valence-electron chi connectivity index (χ1n) is 6.78. The van der Waals surface area contributed by atoms with Crippen LogP contribution >= 0.6 is 15.9 Å². The molecule has 21 heavy (non-hydrogen) atoms. The highest BCUT2D eigenvalue weighted by molar-refractivity contribution is 9.10. The molecule has 0 aliphatic rings. The van der Waals surface area contributed by atoms with Crippen molar-refractivity contribution < 1.29 is 4.79 Å². The van der Waals surface area contributed by atoms with Crippen LogP contribution in [-0.2, 0) is 0 Å². The summed E-state index contributed by atoms with van der Waals surface area (Å²) >= 11 is 3.37. The summed E-state index contributed by atoms with van der Waals surface area (Å²) in [4.78, 5) is 22.6. The Balaban J connectivity index is 2.09. The number of anilines is 2. The van der Waals surface area contributed by atoms with Gasteiger partial charge in [0.1, 0.15) is 0 Å². The molecule has 1 aromatic carbocycles. The highest BCUT2D eigenvalue weighted by atomic mass is 79.9. The Bertz CT molecular complexity index is 611. The molecule has 1 N–H and O–H groups in total. The second-order valence-electron chi connectivity index (χ2n) is 4.41. The van der Waals surface area contributed by atoms with Crippen molar-refractivity contribution in [2.24, 2.45) is 0 Å². The summed E-state index contributed by atoms with van der Waals surface area (Å²) < 4.78 is 0.911. The number of nitrogens with zero attached hydrogens (tertiary/aromatic N) is 3. The van der Waals surface area contributed by atoms with E-state index in [-0.39, 0.29) is 5.91 Å². The van der Waals surface area contributed by atoms with Gasteiger partial charge < -0.3 is 10.2 Å². The maximum atomic E-state index is 12.1. The van der Waals surface area contributed by atoms with E-state index >= 15 is 0 Å². The third-order valence-corrected chi connectivity index (χ3v) is 3.52. The number of carbonyl (C=O) groups excluding carboxylic acids is 1. The number of hydrogen-bond acceptors (Lipinski definition) is 4. The van der Waals surface area contributed by atoms with Gasteiger partial charge in [-0.05, 0) is 32.0 Å². The lowest BCUT2D eigenvalue weighted by atomic mass is 10.3. The van der Waals surface area contributed by atoms with E-state index in [0.29, 0.717) is 11.5 Å². The van der Waals surface area contributed by atoms with Crippen LogP contribution in [0.1, 0.15) is 24.2 Å². The summed E-state index contributed by atoms with van der Waals surface area (Å²) in [6.07, 6.45) is 3.10. The fraction of sp³-hybridized carbons (Fsp3) is 0.267. The number of halogens is 1. The minimum atomic E-state index is -0.223. The van der Waals surface area contributed by atoms with Crippen molar-refractivity contribution in [2.45, 2.75) is 13.8 Å². The third kappa shape index (κ3) is 4.01. The van der Waals surface area contributed by atoms with Gasteiger partial charge in [-0.25, -0.2) is 9.97 Å². The molecule has 0 saturated carbocycles. The molecule has 110 valence electrons. The Labute approximate surface area is 132 Å². The van der Waals surface area contributed by atoms with Crippen molar-refractivity contribution in [3.8, 4) is 0 Å². The van der Waals surface area contributed by atoms with Gasteiger partial charge in [-0.3, -0.25) is 4.79 Å². The van der Waals surface area contributed by atoms with Crippen molar-refractivity contribution in [3.63, 3.8) is 0 Å². The number of carbonyl (C=O) groups is 1. The maximum absolute atomic E-state index is 12.1. The fourth-order valence-corrected chi connectivity index (χ4v) is 2.28.